The molecule has 1 heterocycles. The van der Waals surface area contributed by atoms with Crippen LogP contribution < -0.4 is 10.6 Å². The molecule has 120 valence electrons. The van der Waals surface area contributed by atoms with Crippen LogP contribution in [0.5, 0.6) is 0 Å². The van der Waals surface area contributed by atoms with Crippen LogP contribution in [0.3, 0.4) is 0 Å². The van der Waals surface area contributed by atoms with Gasteiger partial charge in [0.25, 0.3) is 5.91 Å². The third kappa shape index (κ3) is 4.60. The fraction of sp³-hybridized carbons (Fsp3) is 0.294. The number of rotatable bonds is 6. The minimum Gasteiger partial charge on any atom is -0.352 e. The number of nitrogens with zero attached hydrogens (tertiary/aromatic N) is 2. The molecule has 1 aromatic heterocycles. The van der Waals surface area contributed by atoms with E-state index in [0.717, 1.165) is 6.42 Å². The average molecular weight is 312 g/mol. The third-order valence-corrected chi connectivity index (χ3v) is 3.45. The second-order valence-corrected chi connectivity index (χ2v) is 5.34. The van der Waals surface area contributed by atoms with Crippen LogP contribution in [0, 0.1) is 0 Å². The van der Waals surface area contributed by atoms with Gasteiger partial charge < -0.3 is 10.6 Å². The summed E-state index contributed by atoms with van der Waals surface area (Å²) < 4.78 is 0. The number of amides is 1. The van der Waals surface area contributed by atoms with Crippen LogP contribution in [-0.2, 0) is 0 Å². The summed E-state index contributed by atoms with van der Waals surface area (Å²) in [4.78, 5) is 31.6. The molecule has 23 heavy (non-hydrogen) atoms. The van der Waals surface area contributed by atoms with E-state index in [-0.39, 0.29) is 17.7 Å². The number of aromatic nitrogens is 2. The zero-order valence-electron chi connectivity index (χ0n) is 13.5. The Hall–Kier alpha value is -2.76. The summed E-state index contributed by atoms with van der Waals surface area (Å²) in [6.45, 7) is 5.60. The summed E-state index contributed by atoms with van der Waals surface area (Å²) in [6.07, 6.45) is 3.93. The molecular weight excluding hydrogens is 292 g/mol. The zero-order chi connectivity index (χ0) is 16.8. The predicted molar refractivity (Wildman–Crippen MR) is 89.8 cm³/mol. The monoisotopic (exact) mass is 312 g/mol. The molecule has 1 atom stereocenters. The Kier molecular flexibility index (Phi) is 5.41. The third-order valence-electron chi connectivity index (χ3n) is 3.45. The topological polar surface area (TPSA) is 84.0 Å². The van der Waals surface area contributed by atoms with Gasteiger partial charge in [-0.05, 0) is 44.5 Å². The van der Waals surface area contributed by atoms with Crippen molar-refractivity contribution in [1.29, 1.82) is 0 Å². The Morgan fingerprint density at radius 3 is 2.22 bits per heavy atom. The van der Waals surface area contributed by atoms with Gasteiger partial charge in [-0.15, -0.1) is 0 Å². The second-order valence-electron chi connectivity index (χ2n) is 5.34. The Morgan fingerprint density at radius 2 is 1.70 bits per heavy atom. The summed E-state index contributed by atoms with van der Waals surface area (Å²) in [5.74, 6) is 0.193. The molecule has 0 saturated carbocycles. The first kappa shape index (κ1) is 16.6. The van der Waals surface area contributed by atoms with E-state index in [1.54, 1.807) is 24.3 Å². The van der Waals surface area contributed by atoms with E-state index < -0.39 is 0 Å². The molecule has 0 saturated heterocycles. The van der Waals surface area contributed by atoms with E-state index in [4.69, 9.17) is 0 Å². The minimum absolute atomic E-state index is 0.0133. The largest absolute Gasteiger partial charge is 0.352 e. The molecule has 0 radical (unpaired) electrons. The maximum absolute atomic E-state index is 12.1. The van der Waals surface area contributed by atoms with Gasteiger partial charge in [0.15, 0.2) is 5.78 Å². The van der Waals surface area contributed by atoms with Crippen molar-refractivity contribution in [2.45, 2.75) is 33.2 Å². The maximum Gasteiger partial charge on any atom is 0.258 e. The summed E-state index contributed by atoms with van der Waals surface area (Å²) >= 11 is 0. The minimum atomic E-state index is -0.296. The number of Topliss-reactive ketones (excluding diaryl/α,β-unsaturated/α-hetero) is 1. The molecule has 0 aliphatic rings. The van der Waals surface area contributed by atoms with Gasteiger partial charge in [0.05, 0.1) is 5.56 Å². The molecule has 0 fully saturated rings. The molecule has 2 rings (SSSR count). The van der Waals surface area contributed by atoms with Gasteiger partial charge in [0, 0.05) is 29.7 Å². The van der Waals surface area contributed by atoms with Gasteiger partial charge in [-0.25, -0.2) is 9.97 Å². The van der Waals surface area contributed by atoms with Gasteiger partial charge in [0.1, 0.15) is 0 Å². The van der Waals surface area contributed by atoms with Gasteiger partial charge in [-0.2, -0.15) is 0 Å². The average Bonchev–Trinajstić information content (AvgIpc) is 2.55. The zero-order valence-corrected chi connectivity index (χ0v) is 13.5. The van der Waals surface area contributed by atoms with Crippen molar-refractivity contribution in [3.63, 3.8) is 0 Å². The first-order chi connectivity index (χ1) is 11.0. The highest BCUT2D eigenvalue weighted by Gasteiger charge is 2.09. The van der Waals surface area contributed by atoms with E-state index in [1.165, 1.54) is 19.3 Å². The lowest BCUT2D eigenvalue weighted by Gasteiger charge is -2.11. The highest BCUT2D eigenvalue weighted by Crippen LogP contribution is 2.12. The quantitative estimate of drug-likeness (QED) is 0.801. The maximum atomic E-state index is 12.1. The molecule has 0 aliphatic heterocycles. The lowest BCUT2D eigenvalue weighted by molar-refractivity contribution is 0.101. The molecule has 0 aliphatic carbocycles. The van der Waals surface area contributed by atoms with Gasteiger partial charge in [-0.3, -0.25) is 9.59 Å². The number of nitrogens with one attached hydrogen (secondary N) is 2. The van der Waals surface area contributed by atoms with Crippen molar-refractivity contribution >= 4 is 23.3 Å². The van der Waals surface area contributed by atoms with Gasteiger partial charge in [0.2, 0.25) is 5.95 Å². The smallest absolute Gasteiger partial charge is 0.258 e. The molecule has 6 heteroatoms. The van der Waals surface area contributed by atoms with E-state index >= 15 is 0 Å². The number of carbonyl (C=O) groups is 2. The van der Waals surface area contributed by atoms with Crippen LogP contribution in [0.1, 0.15) is 47.9 Å². The summed E-state index contributed by atoms with van der Waals surface area (Å²) in [5.41, 5.74) is 1.59. The molecular formula is C17H20N4O2. The number of anilines is 2. The molecule has 0 bridgehead atoms. The highest BCUT2D eigenvalue weighted by molar-refractivity contribution is 6.04. The van der Waals surface area contributed by atoms with Crippen LogP contribution in [0.25, 0.3) is 0 Å². The standard InChI is InChI=1S/C17H20N4O2/c1-4-11(2)20-17-18-9-14(10-19-17)16(23)21-15-7-5-13(6-8-15)12(3)22/h5-11H,4H2,1-3H3,(H,21,23)(H,18,19,20). The summed E-state index contributed by atoms with van der Waals surface area (Å²) in [6, 6.07) is 7.00. The number of benzene rings is 1. The van der Waals surface area contributed by atoms with E-state index in [9.17, 15) is 9.59 Å². The lowest BCUT2D eigenvalue weighted by atomic mass is 10.1. The molecule has 1 unspecified atom stereocenters. The number of ketones is 1. The molecule has 2 aromatic rings. The van der Waals surface area contributed by atoms with Crippen molar-refractivity contribution < 1.29 is 9.59 Å². The molecule has 2 N–H and O–H groups in total. The number of hydrogen-bond donors (Lipinski definition) is 2. The Bertz CT molecular complexity index is 681. The lowest BCUT2D eigenvalue weighted by Crippen LogP contribution is -2.17. The van der Waals surface area contributed by atoms with E-state index in [1.807, 2.05) is 6.92 Å². The van der Waals surface area contributed by atoms with Crippen LogP contribution in [0.4, 0.5) is 11.6 Å². The van der Waals surface area contributed by atoms with Crippen LogP contribution in [0.15, 0.2) is 36.7 Å². The summed E-state index contributed by atoms with van der Waals surface area (Å²) in [5, 5.41) is 5.88. The predicted octanol–water partition coefficient (Wildman–Crippen LogP) is 3.14. The molecule has 1 aromatic carbocycles. The van der Waals surface area contributed by atoms with Crippen LogP contribution in [-0.4, -0.2) is 27.7 Å². The fourth-order valence-electron chi connectivity index (χ4n) is 1.83. The number of hydrogen-bond acceptors (Lipinski definition) is 5. The number of carbonyl (C=O) groups excluding carboxylic acids is 2. The SMILES string of the molecule is CCC(C)Nc1ncc(C(=O)Nc2ccc(C(C)=O)cc2)cn1. The van der Waals surface area contributed by atoms with Crippen LogP contribution in [0.2, 0.25) is 0 Å². The van der Waals surface area contributed by atoms with Crippen molar-refractivity contribution in [3.8, 4) is 0 Å². The molecule has 0 spiro atoms. The Balaban J connectivity index is 2.01. The van der Waals surface area contributed by atoms with Crippen LogP contribution >= 0.6 is 0 Å². The molecule has 6 nitrogen and oxygen atoms in total. The van der Waals surface area contributed by atoms with Crippen molar-refractivity contribution in [2.75, 3.05) is 10.6 Å². The highest BCUT2D eigenvalue weighted by atomic mass is 16.1. The summed E-state index contributed by atoms with van der Waals surface area (Å²) in [7, 11) is 0. The van der Waals surface area contributed by atoms with E-state index in [0.29, 0.717) is 22.8 Å². The van der Waals surface area contributed by atoms with Gasteiger partial charge in [-0.1, -0.05) is 6.92 Å². The first-order valence-corrected chi connectivity index (χ1v) is 7.50. The normalized spacial score (nSPS) is 11.6. The van der Waals surface area contributed by atoms with Crippen molar-refractivity contribution in [2.24, 2.45) is 0 Å². The second kappa shape index (κ2) is 7.49. The first-order valence-electron chi connectivity index (χ1n) is 7.50. The Labute approximate surface area is 135 Å². The Morgan fingerprint density at radius 1 is 1.09 bits per heavy atom. The van der Waals surface area contributed by atoms with Crippen molar-refractivity contribution in [3.05, 3.63) is 47.8 Å². The van der Waals surface area contributed by atoms with Gasteiger partial charge >= 0.3 is 0 Å². The van der Waals surface area contributed by atoms with E-state index in [2.05, 4.69) is 27.5 Å². The van der Waals surface area contributed by atoms with Crippen molar-refractivity contribution in [1.82, 2.24) is 9.97 Å². The fourth-order valence-corrected chi connectivity index (χ4v) is 1.83. The molecule has 1 amide bonds.